The van der Waals surface area contributed by atoms with E-state index in [0.29, 0.717) is 28.7 Å². The van der Waals surface area contributed by atoms with Gasteiger partial charge in [0.05, 0.1) is 24.9 Å². The van der Waals surface area contributed by atoms with Crippen molar-refractivity contribution in [2.45, 2.75) is 46.6 Å². The maximum absolute atomic E-state index is 13.4. The lowest BCUT2D eigenvalue weighted by Crippen LogP contribution is -2.28. The van der Waals surface area contributed by atoms with Gasteiger partial charge in [-0.15, -0.1) is 11.3 Å². The molecule has 34 heavy (non-hydrogen) atoms. The van der Waals surface area contributed by atoms with E-state index in [1.807, 2.05) is 36.4 Å². The summed E-state index contributed by atoms with van der Waals surface area (Å²) in [6.45, 7) is 7.40. The number of carbonyl (C=O) groups is 2. The van der Waals surface area contributed by atoms with E-state index in [2.05, 4.69) is 52.7 Å². The summed E-state index contributed by atoms with van der Waals surface area (Å²) in [5, 5.41) is 9.71. The van der Waals surface area contributed by atoms with E-state index in [1.54, 1.807) is 6.26 Å². The standard InChI is InChI=1S/C26H30BrN3O3S/c1-26(2,3)16-6-11-20-21(13-16)34-25(30-22(31)15-28-14-19-5-4-12-33-19)23(20)24(32)29-18-9-7-17(27)8-10-18/h4-5,7-10,12,16,28H,6,11,13-15H2,1-3H3,(H,29,32)(H,30,31)/t16-/m1/s1. The number of fused-ring (bicyclic) bond motifs is 1. The smallest absolute Gasteiger partial charge is 0.258 e. The molecule has 0 saturated heterocycles. The van der Waals surface area contributed by atoms with Gasteiger partial charge in [-0.1, -0.05) is 36.7 Å². The van der Waals surface area contributed by atoms with E-state index in [9.17, 15) is 9.59 Å². The molecule has 1 atom stereocenters. The largest absolute Gasteiger partial charge is 0.468 e. The Kier molecular flexibility index (Phi) is 7.60. The molecule has 0 fully saturated rings. The molecule has 2 heterocycles. The highest BCUT2D eigenvalue weighted by atomic mass is 79.9. The molecule has 6 nitrogen and oxygen atoms in total. The quantitative estimate of drug-likeness (QED) is 0.329. The van der Waals surface area contributed by atoms with Gasteiger partial charge in [0.1, 0.15) is 10.8 Å². The number of rotatable bonds is 7. The first-order valence-electron chi connectivity index (χ1n) is 11.4. The number of hydrogen-bond donors (Lipinski definition) is 3. The summed E-state index contributed by atoms with van der Waals surface area (Å²) >= 11 is 4.96. The van der Waals surface area contributed by atoms with Gasteiger partial charge in [0.15, 0.2) is 0 Å². The predicted molar refractivity (Wildman–Crippen MR) is 140 cm³/mol. The number of carbonyl (C=O) groups excluding carboxylic acids is 2. The highest BCUT2D eigenvalue weighted by Crippen LogP contribution is 2.44. The Morgan fingerprint density at radius 1 is 1.15 bits per heavy atom. The van der Waals surface area contributed by atoms with Crippen molar-refractivity contribution < 1.29 is 14.0 Å². The Labute approximate surface area is 212 Å². The lowest BCUT2D eigenvalue weighted by Gasteiger charge is -2.33. The highest BCUT2D eigenvalue weighted by molar-refractivity contribution is 9.10. The zero-order valence-corrected chi connectivity index (χ0v) is 22.1. The van der Waals surface area contributed by atoms with Gasteiger partial charge in [0.2, 0.25) is 5.91 Å². The second kappa shape index (κ2) is 10.5. The molecule has 180 valence electrons. The molecule has 4 rings (SSSR count). The van der Waals surface area contributed by atoms with Crippen LogP contribution in [-0.2, 0) is 24.2 Å². The number of anilines is 2. The third kappa shape index (κ3) is 5.98. The first-order chi connectivity index (χ1) is 16.2. The van der Waals surface area contributed by atoms with Crippen LogP contribution >= 0.6 is 27.3 Å². The molecule has 1 aromatic carbocycles. The molecule has 1 aliphatic carbocycles. The Balaban J connectivity index is 1.54. The molecular formula is C26H30BrN3O3S. The Bertz CT molecular complexity index is 1150. The summed E-state index contributed by atoms with van der Waals surface area (Å²) in [7, 11) is 0. The molecule has 3 N–H and O–H groups in total. The van der Waals surface area contributed by atoms with Gasteiger partial charge in [-0.3, -0.25) is 9.59 Å². The van der Waals surface area contributed by atoms with Crippen molar-refractivity contribution in [3.05, 3.63) is 68.9 Å². The fourth-order valence-electron chi connectivity index (χ4n) is 4.26. The molecule has 1 aliphatic rings. The Morgan fingerprint density at radius 3 is 2.59 bits per heavy atom. The van der Waals surface area contributed by atoms with Gasteiger partial charge in [-0.05, 0) is 72.6 Å². The van der Waals surface area contributed by atoms with Crippen molar-refractivity contribution in [3.8, 4) is 0 Å². The number of halogens is 1. The monoisotopic (exact) mass is 543 g/mol. The summed E-state index contributed by atoms with van der Waals surface area (Å²) in [5.74, 6) is 0.935. The zero-order chi connectivity index (χ0) is 24.3. The van der Waals surface area contributed by atoms with Crippen LogP contribution in [0.15, 0.2) is 51.6 Å². The fourth-order valence-corrected chi connectivity index (χ4v) is 5.87. The first kappa shape index (κ1) is 24.7. The van der Waals surface area contributed by atoms with Crippen LogP contribution in [0.4, 0.5) is 10.7 Å². The van der Waals surface area contributed by atoms with Crippen molar-refractivity contribution in [2.75, 3.05) is 17.2 Å². The second-order valence-corrected chi connectivity index (χ2v) is 11.7. The lowest BCUT2D eigenvalue weighted by atomic mass is 9.72. The van der Waals surface area contributed by atoms with Gasteiger partial charge in [-0.2, -0.15) is 0 Å². The molecular weight excluding hydrogens is 514 g/mol. The maximum Gasteiger partial charge on any atom is 0.258 e. The third-order valence-corrected chi connectivity index (χ3v) is 7.94. The van der Waals surface area contributed by atoms with Crippen molar-refractivity contribution >= 4 is 49.8 Å². The summed E-state index contributed by atoms with van der Waals surface area (Å²) in [6.07, 6.45) is 4.40. The summed E-state index contributed by atoms with van der Waals surface area (Å²) < 4.78 is 6.24. The fraction of sp³-hybridized carbons (Fsp3) is 0.385. The van der Waals surface area contributed by atoms with Crippen molar-refractivity contribution in [1.82, 2.24) is 5.32 Å². The van der Waals surface area contributed by atoms with Gasteiger partial charge < -0.3 is 20.4 Å². The van der Waals surface area contributed by atoms with Crippen molar-refractivity contribution in [1.29, 1.82) is 0 Å². The van der Waals surface area contributed by atoms with Crippen LogP contribution in [0, 0.1) is 11.3 Å². The van der Waals surface area contributed by atoms with Crippen LogP contribution in [0.3, 0.4) is 0 Å². The van der Waals surface area contributed by atoms with Crippen LogP contribution in [0.2, 0.25) is 0 Å². The van der Waals surface area contributed by atoms with Gasteiger partial charge in [-0.25, -0.2) is 0 Å². The summed E-state index contributed by atoms with van der Waals surface area (Å²) in [5.41, 5.74) is 2.57. The normalized spacial score (nSPS) is 15.6. The van der Waals surface area contributed by atoms with E-state index < -0.39 is 0 Å². The van der Waals surface area contributed by atoms with E-state index >= 15 is 0 Å². The number of benzene rings is 1. The SMILES string of the molecule is CC(C)(C)[C@@H]1CCc2c(sc(NC(=O)CNCc3ccco3)c2C(=O)Nc2ccc(Br)cc2)C1. The Hall–Kier alpha value is -2.42. The van der Waals surface area contributed by atoms with Crippen molar-refractivity contribution in [2.24, 2.45) is 11.3 Å². The summed E-state index contributed by atoms with van der Waals surface area (Å²) in [6, 6.07) is 11.2. The van der Waals surface area contributed by atoms with E-state index in [-0.39, 0.29) is 23.8 Å². The van der Waals surface area contributed by atoms with Gasteiger partial charge in [0.25, 0.3) is 5.91 Å². The molecule has 2 aromatic heterocycles. The minimum Gasteiger partial charge on any atom is -0.468 e. The summed E-state index contributed by atoms with van der Waals surface area (Å²) in [4.78, 5) is 27.3. The van der Waals surface area contributed by atoms with E-state index in [0.717, 1.165) is 35.1 Å². The maximum atomic E-state index is 13.4. The molecule has 0 aliphatic heterocycles. The van der Waals surface area contributed by atoms with Gasteiger partial charge in [0, 0.05) is 15.0 Å². The molecule has 2 amide bonds. The van der Waals surface area contributed by atoms with Crippen LogP contribution in [0.5, 0.6) is 0 Å². The van der Waals surface area contributed by atoms with Crippen LogP contribution in [0.25, 0.3) is 0 Å². The molecule has 0 unspecified atom stereocenters. The zero-order valence-electron chi connectivity index (χ0n) is 19.7. The second-order valence-electron chi connectivity index (χ2n) is 9.71. The van der Waals surface area contributed by atoms with Crippen LogP contribution < -0.4 is 16.0 Å². The number of nitrogens with one attached hydrogen (secondary N) is 3. The number of hydrogen-bond acceptors (Lipinski definition) is 5. The average Bonchev–Trinajstić information content (AvgIpc) is 3.41. The predicted octanol–water partition coefficient (Wildman–Crippen LogP) is 6.24. The molecule has 0 spiro atoms. The minimum atomic E-state index is -0.187. The van der Waals surface area contributed by atoms with Crippen molar-refractivity contribution in [3.63, 3.8) is 0 Å². The topological polar surface area (TPSA) is 83.4 Å². The first-order valence-corrected chi connectivity index (χ1v) is 13.1. The molecule has 0 saturated carbocycles. The molecule has 8 heteroatoms. The number of amides is 2. The van der Waals surface area contributed by atoms with Crippen LogP contribution in [-0.4, -0.2) is 18.4 Å². The number of thiophene rings is 1. The lowest BCUT2D eigenvalue weighted by molar-refractivity contribution is -0.115. The van der Waals surface area contributed by atoms with E-state index in [1.165, 1.54) is 16.2 Å². The molecule has 0 radical (unpaired) electrons. The molecule has 0 bridgehead atoms. The highest BCUT2D eigenvalue weighted by Gasteiger charge is 2.34. The minimum absolute atomic E-state index is 0.127. The molecule has 3 aromatic rings. The third-order valence-electron chi connectivity index (χ3n) is 6.24. The number of furan rings is 1. The van der Waals surface area contributed by atoms with E-state index in [4.69, 9.17) is 4.42 Å². The van der Waals surface area contributed by atoms with Crippen LogP contribution in [0.1, 0.15) is 53.8 Å². The Morgan fingerprint density at radius 2 is 1.91 bits per heavy atom. The average molecular weight is 545 g/mol. The van der Waals surface area contributed by atoms with Gasteiger partial charge >= 0.3 is 0 Å².